The maximum Gasteiger partial charge on any atom is 0.332 e. The van der Waals surface area contributed by atoms with Gasteiger partial charge in [0.1, 0.15) is 18.5 Å². The summed E-state index contributed by atoms with van der Waals surface area (Å²) in [6.45, 7) is 11.5. The van der Waals surface area contributed by atoms with Crippen molar-refractivity contribution in [2.45, 2.75) is 72.0 Å². The van der Waals surface area contributed by atoms with Crippen molar-refractivity contribution in [3.63, 3.8) is 0 Å². The number of hydrogen-bond acceptors (Lipinski definition) is 5. The first kappa shape index (κ1) is 20.5. The maximum atomic E-state index is 13.1. The molecule has 27 heavy (non-hydrogen) atoms. The van der Waals surface area contributed by atoms with E-state index in [2.05, 4.69) is 27.4 Å². The minimum absolute atomic E-state index is 0.0433. The molecular formula is C22H34O5. The molecule has 0 spiro atoms. The van der Waals surface area contributed by atoms with Crippen LogP contribution in [-0.2, 0) is 14.3 Å². The number of aliphatic hydroxyl groups excluding tert-OH is 2. The number of Topliss-reactive ketones (excluding diaryl/α,β-unsaturated/α-hetero) is 1. The average molecular weight is 379 g/mol. The van der Waals surface area contributed by atoms with Crippen LogP contribution >= 0.6 is 0 Å². The lowest BCUT2D eigenvalue weighted by Crippen LogP contribution is -2.63. The summed E-state index contributed by atoms with van der Waals surface area (Å²) in [6, 6.07) is 0. The van der Waals surface area contributed by atoms with Crippen LogP contribution in [0.15, 0.2) is 12.7 Å². The summed E-state index contributed by atoms with van der Waals surface area (Å²) in [5.74, 6) is -0.520. The number of hydrogen-bond donors (Lipinski definition) is 2. The summed E-state index contributed by atoms with van der Waals surface area (Å²) < 4.78 is 5.77. The van der Waals surface area contributed by atoms with Crippen LogP contribution < -0.4 is 0 Å². The molecule has 3 aliphatic rings. The van der Waals surface area contributed by atoms with E-state index in [1.165, 1.54) is 0 Å². The summed E-state index contributed by atoms with van der Waals surface area (Å²) in [6.07, 6.45) is 4.10. The number of esters is 1. The standard InChI is InChI=1S/C22H34O5/c1-6-20(4)11-16(27-17(25)12-23)21(5)13(2)7-9-22(14(3)19(20)26)10-8-15(24)18(21)22/h6,13-14,16,18-19,23,26H,1,7-12H2,2-5H3/t13-,14+,16-,18+,19+,20-,21-,22+/m1/s1. The molecule has 0 saturated heterocycles. The van der Waals surface area contributed by atoms with Crippen LogP contribution in [0.3, 0.4) is 0 Å². The summed E-state index contributed by atoms with van der Waals surface area (Å²) in [7, 11) is 0. The van der Waals surface area contributed by atoms with Crippen LogP contribution in [-0.4, -0.2) is 40.8 Å². The fourth-order valence-corrected chi connectivity index (χ4v) is 6.70. The minimum atomic E-state index is -0.686. The van der Waals surface area contributed by atoms with E-state index in [0.29, 0.717) is 12.8 Å². The van der Waals surface area contributed by atoms with Crippen LogP contribution in [0.4, 0.5) is 0 Å². The largest absolute Gasteiger partial charge is 0.460 e. The highest BCUT2D eigenvalue weighted by Gasteiger charge is 2.68. The Labute approximate surface area is 162 Å². The topological polar surface area (TPSA) is 83.8 Å². The molecule has 0 aromatic carbocycles. The van der Waals surface area contributed by atoms with Gasteiger partial charge in [0.2, 0.25) is 0 Å². The third-order valence-corrected chi connectivity index (χ3v) is 8.70. The smallest absolute Gasteiger partial charge is 0.332 e. The predicted molar refractivity (Wildman–Crippen MR) is 102 cm³/mol. The molecule has 0 aliphatic heterocycles. The van der Waals surface area contributed by atoms with E-state index >= 15 is 0 Å². The van der Waals surface area contributed by atoms with Gasteiger partial charge in [0, 0.05) is 23.2 Å². The number of ether oxygens (including phenoxy) is 1. The number of ketones is 1. The van der Waals surface area contributed by atoms with Gasteiger partial charge in [-0.05, 0) is 42.9 Å². The lowest BCUT2D eigenvalue weighted by atomic mass is 9.44. The Morgan fingerprint density at radius 1 is 1.33 bits per heavy atom. The van der Waals surface area contributed by atoms with Gasteiger partial charge in [-0.3, -0.25) is 4.79 Å². The van der Waals surface area contributed by atoms with Gasteiger partial charge >= 0.3 is 5.97 Å². The normalized spacial score (nSPS) is 49.7. The van der Waals surface area contributed by atoms with Crippen molar-refractivity contribution < 1.29 is 24.5 Å². The Morgan fingerprint density at radius 3 is 2.59 bits per heavy atom. The molecule has 5 heteroatoms. The molecule has 0 aromatic heterocycles. The van der Waals surface area contributed by atoms with E-state index in [4.69, 9.17) is 4.74 Å². The zero-order chi connectivity index (χ0) is 20.2. The van der Waals surface area contributed by atoms with E-state index in [0.717, 1.165) is 19.3 Å². The third-order valence-electron chi connectivity index (χ3n) is 8.70. The number of rotatable bonds is 3. The van der Waals surface area contributed by atoms with Gasteiger partial charge in [-0.2, -0.15) is 0 Å². The van der Waals surface area contributed by atoms with Crippen molar-refractivity contribution in [2.75, 3.05) is 6.61 Å². The van der Waals surface area contributed by atoms with E-state index in [9.17, 15) is 19.8 Å². The van der Waals surface area contributed by atoms with Crippen LogP contribution in [0.5, 0.6) is 0 Å². The monoisotopic (exact) mass is 378 g/mol. The number of aliphatic hydroxyl groups is 2. The second-order valence-electron chi connectivity index (χ2n) is 9.72. The first-order chi connectivity index (χ1) is 12.6. The lowest BCUT2D eigenvalue weighted by molar-refractivity contribution is -0.207. The average Bonchev–Trinajstić information content (AvgIpc) is 3.00. The minimum Gasteiger partial charge on any atom is -0.460 e. The van der Waals surface area contributed by atoms with Gasteiger partial charge in [0.15, 0.2) is 0 Å². The van der Waals surface area contributed by atoms with Crippen LogP contribution in [0.25, 0.3) is 0 Å². The van der Waals surface area contributed by atoms with Crippen molar-refractivity contribution in [3.8, 4) is 0 Å². The van der Waals surface area contributed by atoms with Crippen LogP contribution in [0.1, 0.15) is 59.8 Å². The Kier molecular flexibility index (Phi) is 5.09. The molecule has 8 atom stereocenters. The Morgan fingerprint density at radius 2 is 2.00 bits per heavy atom. The van der Waals surface area contributed by atoms with E-state index in [1.54, 1.807) is 6.08 Å². The van der Waals surface area contributed by atoms with Gasteiger partial charge < -0.3 is 14.9 Å². The number of carbonyl (C=O) groups excluding carboxylic acids is 2. The number of carbonyl (C=O) groups is 2. The molecule has 152 valence electrons. The van der Waals surface area contributed by atoms with Crippen LogP contribution in [0, 0.1) is 34.0 Å². The molecule has 2 bridgehead atoms. The highest BCUT2D eigenvalue weighted by atomic mass is 16.6. The molecule has 3 saturated carbocycles. The quantitative estimate of drug-likeness (QED) is 0.583. The van der Waals surface area contributed by atoms with Gasteiger partial charge in [0.05, 0.1) is 6.10 Å². The SMILES string of the molecule is C=C[C@]1(C)C[C@@H](OC(=O)CO)[C@@]2(C)[C@H](C)CC[C@]3(CCC(=O)[C@H]32)[C@@H](C)[C@@H]1O. The zero-order valence-corrected chi connectivity index (χ0v) is 17.0. The summed E-state index contributed by atoms with van der Waals surface area (Å²) in [4.78, 5) is 25.2. The molecule has 0 heterocycles. The first-order valence-corrected chi connectivity index (χ1v) is 10.2. The van der Waals surface area contributed by atoms with E-state index in [-0.39, 0.29) is 29.0 Å². The second kappa shape index (κ2) is 6.70. The summed E-state index contributed by atoms with van der Waals surface area (Å²) in [5.41, 5.74) is -1.43. The highest BCUT2D eigenvalue weighted by molar-refractivity contribution is 5.85. The fraction of sp³-hybridized carbons (Fsp3) is 0.818. The zero-order valence-electron chi connectivity index (χ0n) is 17.0. The summed E-state index contributed by atoms with van der Waals surface area (Å²) in [5, 5.41) is 20.6. The molecule has 0 aromatic rings. The molecule has 3 fully saturated rings. The first-order valence-electron chi connectivity index (χ1n) is 10.2. The van der Waals surface area contributed by atoms with E-state index in [1.807, 2.05) is 6.92 Å². The van der Waals surface area contributed by atoms with Crippen molar-refractivity contribution in [1.82, 2.24) is 0 Å². The van der Waals surface area contributed by atoms with Gasteiger partial charge in [-0.1, -0.05) is 33.8 Å². The molecule has 0 unspecified atom stereocenters. The van der Waals surface area contributed by atoms with Gasteiger partial charge in [0.25, 0.3) is 0 Å². The maximum absolute atomic E-state index is 13.1. The molecule has 5 nitrogen and oxygen atoms in total. The molecular weight excluding hydrogens is 344 g/mol. The third kappa shape index (κ3) is 2.72. The van der Waals surface area contributed by atoms with Gasteiger partial charge in [-0.15, -0.1) is 6.58 Å². The van der Waals surface area contributed by atoms with Crippen molar-refractivity contribution in [2.24, 2.45) is 34.0 Å². The molecule has 0 amide bonds. The molecule has 3 aliphatic carbocycles. The molecule has 0 radical (unpaired) electrons. The lowest BCUT2D eigenvalue weighted by Gasteiger charge is -2.61. The van der Waals surface area contributed by atoms with Crippen molar-refractivity contribution >= 4 is 11.8 Å². The van der Waals surface area contributed by atoms with Crippen molar-refractivity contribution in [3.05, 3.63) is 12.7 Å². The Bertz CT molecular complexity index is 645. The fourth-order valence-electron chi connectivity index (χ4n) is 6.70. The Hall–Kier alpha value is -1.20. The van der Waals surface area contributed by atoms with Gasteiger partial charge in [-0.25, -0.2) is 4.79 Å². The second-order valence-corrected chi connectivity index (χ2v) is 9.72. The highest BCUT2D eigenvalue weighted by Crippen LogP contribution is 2.67. The molecule has 2 N–H and O–H groups in total. The van der Waals surface area contributed by atoms with E-state index < -0.39 is 35.6 Å². The predicted octanol–water partition coefficient (Wildman–Crippen LogP) is 2.89. The summed E-state index contributed by atoms with van der Waals surface area (Å²) >= 11 is 0. The molecule has 3 rings (SSSR count). The van der Waals surface area contributed by atoms with Crippen molar-refractivity contribution in [1.29, 1.82) is 0 Å². The Balaban J connectivity index is 2.21. The van der Waals surface area contributed by atoms with Crippen LogP contribution in [0.2, 0.25) is 0 Å².